The Bertz CT molecular complexity index is 843. The van der Waals surface area contributed by atoms with Gasteiger partial charge in [0.15, 0.2) is 0 Å². The molecule has 1 aliphatic carbocycles. The van der Waals surface area contributed by atoms with Crippen LogP contribution in [0.15, 0.2) is 18.5 Å². The van der Waals surface area contributed by atoms with Gasteiger partial charge in [-0.15, -0.1) is 0 Å². The van der Waals surface area contributed by atoms with E-state index in [0.29, 0.717) is 11.8 Å². The summed E-state index contributed by atoms with van der Waals surface area (Å²) in [5, 5.41) is 7.48. The molecule has 5 rings (SSSR count). The number of amides is 1. The fourth-order valence-electron chi connectivity index (χ4n) is 4.53. The summed E-state index contributed by atoms with van der Waals surface area (Å²) in [5.74, 6) is 1.86. The molecule has 1 N–H and O–H groups in total. The molecule has 27 heavy (non-hydrogen) atoms. The monoisotopic (exact) mass is 366 g/mol. The van der Waals surface area contributed by atoms with Gasteiger partial charge in [-0.1, -0.05) is 6.92 Å². The molecular formula is C20H26N6O. The van der Waals surface area contributed by atoms with Gasteiger partial charge < -0.3 is 9.80 Å². The Labute approximate surface area is 159 Å². The van der Waals surface area contributed by atoms with Crippen LogP contribution < -0.4 is 4.90 Å². The van der Waals surface area contributed by atoms with Gasteiger partial charge in [0, 0.05) is 37.3 Å². The molecule has 0 bridgehead atoms. The molecule has 7 heteroatoms. The lowest BCUT2D eigenvalue weighted by Gasteiger charge is -2.25. The lowest BCUT2D eigenvalue weighted by molar-refractivity contribution is -0.133. The van der Waals surface area contributed by atoms with E-state index in [0.717, 1.165) is 61.8 Å². The number of hydrogen-bond donors (Lipinski definition) is 1. The first kappa shape index (κ1) is 16.7. The topological polar surface area (TPSA) is 78.0 Å². The van der Waals surface area contributed by atoms with Crippen LogP contribution in [0, 0.1) is 11.8 Å². The highest BCUT2D eigenvalue weighted by Crippen LogP contribution is 2.44. The number of carbonyl (C=O) groups excluding carboxylic acids is 1. The van der Waals surface area contributed by atoms with E-state index in [9.17, 15) is 4.79 Å². The SMILES string of the molecule is C[C@@H]1C[C@@H]1C(=O)N1CCC[C@H]1c1[nH]ncc1-c1ccnc(N2CCCC2)n1. The van der Waals surface area contributed by atoms with Gasteiger partial charge in [-0.25, -0.2) is 9.97 Å². The smallest absolute Gasteiger partial charge is 0.226 e. The summed E-state index contributed by atoms with van der Waals surface area (Å²) in [5.41, 5.74) is 2.89. The molecule has 1 saturated carbocycles. The number of likely N-dealkylation sites (tertiary alicyclic amines) is 1. The summed E-state index contributed by atoms with van der Waals surface area (Å²) in [6, 6.07) is 2.02. The van der Waals surface area contributed by atoms with E-state index < -0.39 is 0 Å². The van der Waals surface area contributed by atoms with Gasteiger partial charge in [-0.2, -0.15) is 5.10 Å². The summed E-state index contributed by atoms with van der Waals surface area (Å²) < 4.78 is 0. The third kappa shape index (κ3) is 2.99. The van der Waals surface area contributed by atoms with E-state index in [-0.39, 0.29) is 12.0 Å². The first-order valence-electron chi connectivity index (χ1n) is 10.1. The average molecular weight is 366 g/mol. The van der Waals surface area contributed by atoms with Crippen LogP contribution in [0.2, 0.25) is 0 Å². The van der Waals surface area contributed by atoms with Gasteiger partial charge in [-0.05, 0) is 44.1 Å². The zero-order chi connectivity index (χ0) is 18.4. The molecule has 142 valence electrons. The van der Waals surface area contributed by atoms with Crippen molar-refractivity contribution in [2.45, 2.75) is 45.1 Å². The fraction of sp³-hybridized carbons (Fsp3) is 0.600. The summed E-state index contributed by atoms with van der Waals surface area (Å²) in [6.07, 6.45) is 9.11. The highest BCUT2D eigenvalue weighted by Gasteiger charge is 2.45. The van der Waals surface area contributed by atoms with Crippen molar-refractivity contribution in [3.8, 4) is 11.3 Å². The predicted octanol–water partition coefficient (Wildman–Crippen LogP) is 2.79. The normalized spacial score (nSPS) is 27.4. The molecular weight excluding hydrogens is 340 g/mol. The Kier molecular flexibility index (Phi) is 4.10. The molecule has 0 aromatic carbocycles. The highest BCUT2D eigenvalue weighted by molar-refractivity contribution is 5.82. The molecule has 3 aliphatic rings. The average Bonchev–Trinajstić information content (AvgIpc) is 3.21. The fourth-order valence-corrected chi connectivity index (χ4v) is 4.53. The number of rotatable bonds is 4. The van der Waals surface area contributed by atoms with Crippen LogP contribution in [0.5, 0.6) is 0 Å². The number of nitrogens with one attached hydrogen (secondary N) is 1. The Hall–Kier alpha value is -2.44. The Morgan fingerprint density at radius 3 is 2.81 bits per heavy atom. The van der Waals surface area contributed by atoms with Crippen molar-refractivity contribution >= 4 is 11.9 Å². The van der Waals surface area contributed by atoms with E-state index in [2.05, 4.69) is 31.9 Å². The van der Waals surface area contributed by atoms with Crippen molar-refractivity contribution in [1.29, 1.82) is 0 Å². The standard InChI is InChI=1S/C20H26N6O/c1-13-11-14(13)19(27)26-10-4-5-17(26)18-15(12-22-24-18)16-6-7-21-20(23-16)25-8-2-3-9-25/h6-7,12-14,17H,2-5,8-11H2,1H3,(H,22,24)/t13-,14+,17+/m1/s1. The van der Waals surface area contributed by atoms with Crippen LogP contribution in [0.25, 0.3) is 11.3 Å². The lowest BCUT2D eigenvalue weighted by atomic mass is 10.0. The Balaban J connectivity index is 1.44. The molecule has 2 aliphatic heterocycles. The summed E-state index contributed by atoms with van der Waals surface area (Å²) in [7, 11) is 0. The number of aromatic nitrogens is 4. The zero-order valence-electron chi connectivity index (χ0n) is 15.8. The van der Waals surface area contributed by atoms with Crippen LogP contribution in [0.1, 0.15) is 50.8 Å². The van der Waals surface area contributed by atoms with Gasteiger partial charge in [-0.3, -0.25) is 9.89 Å². The minimum absolute atomic E-state index is 0.0769. The van der Waals surface area contributed by atoms with E-state index >= 15 is 0 Å². The largest absolute Gasteiger partial charge is 0.341 e. The van der Waals surface area contributed by atoms with Crippen molar-refractivity contribution in [3.63, 3.8) is 0 Å². The predicted molar refractivity (Wildman–Crippen MR) is 102 cm³/mol. The van der Waals surface area contributed by atoms with Crippen LogP contribution in [0.3, 0.4) is 0 Å². The molecule has 0 unspecified atom stereocenters. The van der Waals surface area contributed by atoms with Crippen molar-refractivity contribution in [3.05, 3.63) is 24.2 Å². The highest BCUT2D eigenvalue weighted by atomic mass is 16.2. The molecule has 2 saturated heterocycles. The van der Waals surface area contributed by atoms with Crippen molar-refractivity contribution < 1.29 is 4.79 Å². The van der Waals surface area contributed by atoms with Gasteiger partial charge in [0.25, 0.3) is 0 Å². The van der Waals surface area contributed by atoms with E-state index in [4.69, 9.17) is 4.98 Å². The van der Waals surface area contributed by atoms with Gasteiger partial charge in [0.2, 0.25) is 11.9 Å². The van der Waals surface area contributed by atoms with Crippen molar-refractivity contribution in [2.24, 2.45) is 11.8 Å². The van der Waals surface area contributed by atoms with Crippen LogP contribution in [-0.4, -0.2) is 50.6 Å². The van der Waals surface area contributed by atoms with Crippen molar-refractivity contribution in [2.75, 3.05) is 24.5 Å². The molecule has 3 fully saturated rings. The second kappa shape index (κ2) is 6.62. The number of H-pyrrole nitrogens is 1. The van der Waals surface area contributed by atoms with Crippen LogP contribution in [0.4, 0.5) is 5.95 Å². The second-order valence-corrected chi connectivity index (χ2v) is 8.14. The Morgan fingerprint density at radius 1 is 1.22 bits per heavy atom. The summed E-state index contributed by atoms with van der Waals surface area (Å²) >= 11 is 0. The second-order valence-electron chi connectivity index (χ2n) is 8.14. The number of nitrogens with zero attached hydrogens (tertiary/aromatic N) is 5. The van der Waals surface area contributed by atoms with Crippen molar-refractivity contribution in [1.82, 2.24) is 25.1 Å². The zero-order valence-corrected chi connectivity index (χ0v) is 15.8. The minimum Gasteiger partial charge on any atom is -0.341 e. The third-order valence-electron chi connectivity index (χ3n) is 6.27. The third-order valence-corrected chi connectivity index (χ3v) is 6.27. The first-order chi connectivity index (χ1) is 13.2. The number of anilines is 1. The number of carbonyl (C=O) groups is 1. The van der Waals surface area contributed by atoms with Crippen LogP contribution in [-0.2, 0) is 4.79 Å². The van der Waals surface area contributed by atoms with E-state index in [1.54, 1.807) is 0 Å². The van der Waals surface area contributed by atoms with Gasteiger partial charge in [0.05, 0.1) is 23.6 Å². The maximum Gasteiger partial charge on any atom is 0.226 e. The molecule has 4 heterocycles. The van der Waals surface area contributed by atoms with E-state index in [1.165, 1.54) is 12.8 Å². The maximum atomic E-state index is 12.9. The summed E-state index contributed by atoms with van der Waals surface area (Å²) in [6.45, 7) is 5.04. The maximum absolute atomic E-state index is 12.9. The number of aromatic amines is 1. The van der Waals surface area contributed by atoms with Gasteiger partial charge >= 0.3 is 0 Å². The summed E-state index contributed by atoms with van der Waals surface area (Å²) in [4.78, 5) is 26.4. The van der Waals surface area contributed by atoms with Gasteiger partial charge in [0.1, 0.15) is 0 Å². The number of hydrogen-bond acceptors (Lipinski definition) is 5. The molecule has 2 aromatic heterocycles. The Morgan fingerprint density at radius 2 is 2.04 bits per heavy atom. The molecule has 7 nitrogen and oxygen atoms in total. The molecule has 0 spiro atoms. The molecule has 2 aromatic rings. The molecule has 0 radical (unpaired) electrons. The van der Waals surface area contributed by atoms with E-state index in [1.807, 2.05) is 18.5 Å². The molecule has 1 amide bonds. The quantitative estimate of drug-likeness (QED) is 0.900. The molecule has 3 atom stereocenters. The lowest BCUT2D eigenvalue weighted by Crippen LogP contribution is -2.32. The van der Waals surface area contributed by atoms with Crippen LogP contribution >= 0.6 is 0 Å². The minimum atomic E-state index is 0.0769. The first-order valence-corrected chi connectivity index (χ1v) is 10.1.